The minimum absolute atomic E-state index is 0.714. The smallest absolute Gasteiger partial charge is 0.148 e. The van der Waals surface area contributed by atoms with Crippen molar-refractivity contribution >= 4 is 0 Å². The van der Waals surface area contributed by atoms with Crippen molar-refractivity contribution in [2.45, 2.75) is 0 Å². The van der Waals surface area contributed by atoms with E-state index in [4.69, 9.17) is 9.47 Å². The lowest BCUT2D eigenvalue weighted by Crippen LogP contribution is -1.98. The summed E-state index contributed by atoms with van der Waals surface area (Å²) in [5.74, 6) is 1.47. The summed E-state index contributed by atoms with van der Waals surface area (Å²) in [6, 6.07) is 7.30. The van der Waals surface area contributed by atoms with Crippen molar-refractivity contribution in [2.75, 3.05) is 14.2 Å². The molecule has 77 valence electrons. The molecule has 0 N–H and O–H groups in total. The predicted molar refractivity (Wildman–Crippen MR) is 55.5 cm³/mol. The molecule has 0 aliphatic rings. The van der Waals surface area contributed by atoms with Crippen molar-refractivity contribution in [3.05, 3.63) is 36.7 Å². The summed E-state index contributed by atoms with van der Waals surface area (Å²) >= 11 is 0. The molecule has 0 amide bonds. The van der Waals surface area contributed by atoms with E-state index >= 15 is 0 Å². The summed E-state index contributed by atoms with van der Waals surface area (Å²) in [6.45, 7) is 0. The molecule has 1 aromatic carbocycles. The van der Waals surface area contributed by atoms with Gasteiger partial charge in [0.2, 0.25) is 0 Å². The fourth-order valence-corrected chi connectivity index (χ4v) is 1.34. The Labute approximate surface area is 88.1 Å². The number of benzene rings is 1. The van der Waals surface area contributed by atoms with E-state index in [1.165, 1.54) is 0 Å². The quantitative estimate of drug-likeness (QED) is 0.761. The van der Waals surface area contributed by atoms with Gasteiger partial charge in [-0.25, -0.2) is 4.68 Å². The molecule has 2 rings (SSSR count). The van der Waals surface area contributed by atoms with Gasteiger partial charge in [-0.3, -0.25) is 0 Å². The molecule has 4 heteroatoms. The summed E-state index contributed by atoms with van der Waals surface area (Å²) in [4.78, 5) is 0. The molecule has 0 bridgehead atoms. The number of hydrogen-bond donors (Lipinski definition) is 0. The number of rotatable bonds is 3. The number of aromatic nitrogens is 2. The topological polar surface area (TPSA) is 36.3 Å². The third-order valence-corrected chi connectivity index (χ3v) is 2.09. The lowest BCUT2D eigenvalue weighted by atomic mass is 10.3. The second-order valence-electron chi connectivity index (χ2n) is 2.93. The predicted octanol–water partition coefficient (Wildman–Crippen LogP) is 1.69. The zero-order chi connectivity index (χ0) is 10.7. The van der Waals surface area contributed by atoms with Crippen LogP contribution in [0, 0.1) is 6.20 Å². The molecule has 0 fully saturated rings. The van der Waals surface area contributed by atoms with Crippen molar-refractivity contribution in [1.29, 1.82) is 0 Å². The monoisotopic (exact) mass is 203 g/mol. The summed E-state index contributed by atoms with van der Waals surface area (Å²) in [5.41, 5.74) is 0.861. The van der Waals surface area contributed by atoms with Gasteiger partial charge >= 0.3 is 0 Å². The molecular formula is C11H11N2O2. The highest BCUT2D eigenvalue weighted by Crippen LogP contribution is 2.26. The zero-order valence-electron chi connectivity index (χ0n) is 8.60. The first-order chi connectivity index (χ1) is 7.35. The van der Waals surface area contributed by atoms with Gasteiger partial charge in [-0.05, 0) is 18.2 Å². The summed E-state index contributed by atoms with van der Waals surface area (Å²) in [5, 5.41) is 4.02. The van der Waals surface area contributed by atoms with E-state index in [9.17, 15) is 0 Å². The van der Waals surface area contributed by atoms with E-state index in [1.54, 1.807) is 25.0 Å². The van der Waals surface area contributed by atoms with Crippen LogP contribution in [0.3, 0.4) is 0 Å². The zero-order valence-corrected chi connectivity index (χ0v) is 8.60. The maximum atomic E-state index is 5.26. The lowest BCUT2D eigenvalue weighted by Gasteiger charge is -2.09. The summed E-state index contributed by atoms with van der Waals surface area (Å²) < 4.78 is 12.1. The van der Waals surface area contributed by atoms with Crippen LogP contribution in [-0.2, 0) is 0 Å². The maximum absolute atomic E-state index is 5.26. The van der Waals surface area contributed by atoms with Crippen LogP contribution >= 0.6 is 0 Å². The van der Waals surface area contributed by atoms with Crippen molar-refractivity contribution in [2.24, 2.45) is 0 Å². The van der Waals surface area contributed by atoms with E-state index in [-0.39, 0.29) is 0 Å². The van der Waals surface area contributed by atoms with Crippen LogP contribution in [0.15, 0.2) is 30.5 Å². The van der Waals surface area contributed by atoms with Crippen LogP contribution in [0.2, 0.25) is 0 Å². The number of ether oxygens (including phenoxy) is 2. The van der Waals surface area contributed by atoms with E-state index in [0.29, 0.717) is 5.75 Å². The minimum atomic E-state index is 0.714. The molecule has 2 aromatic rings. The highest BCUT2D eigenvalue weighted by atomic mass is 16.5. The Balaban J connectivity index is 2.48. The van der Waals surface area contributed by atoms with Crippen LogP contribution in [0.25, 0.3) is 5.69 Å². The van der Waals surface area contributed by atoms with Gasteiger partial charge in [0.25, 0.3) is 0 Å². The van der Waals surface area contributed by atoms with Crippen molar-refractivity contribution in [3.63, 3.8) is 0 Å². The Morgan fingerprint density at radius 2 is 2.13 bits per heavy atom. The molecule has 0 saturated carbocycles. The van der Waals surface area contributed by atoms with Crippen molar-refractivity contribution in [1.82, 2.24) is 9.78 Å². The standard InChI is InChI=1S/C11H11N2O2/c1-14-9-4-5-10(11(8-9)15-2)13-7-3-6-12-13/h3-5,7-8H,1-2H3. The van der Waals surface area contributed by atoms with Crippen LogP contribution in [-0.4, -0.2) is 24.0 Å². The molecule has 15 heavy (non-hydrogen) atoms. The largest absolute Gasteiger partial charge is 0.497 e. The van der Waals surface area contributed by atoms with Crippen LogP contribution in [0.1, 0.15) is 0 Å². The molecule has 1 radical (unpaired) electrons. The van der Waals surface area contributed by atoms with E-state index in [0.717, 1.165) is 11.4 Å². The molecule has 4 nitrogen and oxygen atoms in total. The van der Waals surface area contributed by atoms with Gasteiger partial charge in [0, 0.05) is 12.3 Å². The fourth-order valence-electron chi connectivity index (χ4n) is 1.34. The molecule has 0 unspecified atom stereocenters. The highest BCUT2D eigenvalue weighted by Gasteiger charge is 2.06. The van der Waals surface area contributed by atoms with Crippen molar-refractivity contribution in [3.8, 4) is 17.2 Å². The Hall–Kier alpha value is -1.97. The second-order valence-corrected chi connectivity index (χ2v) is 2.93. The number of methoxy groups -OCH3 is 2. The molecule has 0 aliphatic heterocycles. The molecule has 0 aliphatic carbocycles. The molecule has 1 heterocycles. The Morgan fingerprint density at radius 1 is 1.27 bits per heavy atom. The Morgan fingerprint density at radius 3 is 2.73 bits per heavy atom. The van der Waals surface area contributed by atoms with E-state index < -0.39 is 0 Å². The summed E-state index contributed by atoms with van der Waals surface area (Å²) in [6.07, 6.45) is 4.54. The third-order valence-electron chi connectivity index (χ3n) is 2.09. The molecule has 0 atom stereocenters. The minimum Gasteiger partial charge on any atom is -0.497 e. The van der Waals surface area contributed by atoms with Gasteiger partial charge < -0.3 is 9.47 Å². The maximum Gasteiger partial charge on any atom is 0.148 e. The van der Waals surface area contributed by atoms with Crippen LogP contribution < -0.4 is 9.47 Å². The lowest BCUT2D eigenvalue weighted by molar-refractivity contribution is 0.392. The van der Waals surface area contributed by atoms with Gasteiger partial charge in [0.1, 0.15) is 23.4 Å². The van der Waals surface area contributed by atoms with E-state index in [2.05, 4.69) is 11.3 Å². The van der Waals surface area contributed by atoms with E-state index in [1.807, 2.05) is 24.4 Å². The normalized spacial score (nSPS) is 10.0. The van der Waals surface area contributed by atoms with Crippen molar-refractivity contribution < 1.29 is 9.47 Å². The van der Waals surface area contributed by atoms with Gasteiger partial charge in [0.05, 0.1) is 14.2 Å². The first-order valence-corrected chi connectivity index (χ1v) is 4.49. The molecular weight excluding hydrogens is 192 g/mol. The number of nitrogens with zero attached hydrogens (tertiary/aromatic N) is 2. The van der Waals surface area contributed by atoms with Gasteiger partial charge in [-0.1, -0.05) is 0 Å². The highest BCUT2D eigenvalue weighted by molar-refractivity contribution is 5.50. The fraction of sp³-hybridized carbons (Fsp3) is 0.182. The SMILES string of the molecule is COc1ccc(-n2cc[c]n2)c(OC)c1. The van der Waals surface area contributed by atoms with Gasteiger partial charge in [0.15, 0.2) is 0 Å². The Kier molecular flexibility index (Phi) is 2.58. The first kappa shape index (κ1) is 9.58. The number of hydrogen-bond acceptors (Lipinski definition) is 3. The molecule has 1 aromatic heterocycles. The van der Waals surface area contributed by atoms with Gasteiger partial charge in [-0.2, -0.15) is 5.10 Å². The molecule has 0 saturated heterocycles. The van der Waals surface area contributed by atoms with Crippen LogP contribution in [0.4, 0.5) is 0 Å². The third kappa shape index (κ3) is 1.79. The average Bonchev–Trinajstić information content (AvgIpc) is 2.81. The first-order valence-electron chi connectivity index (χ1n) is 4.49. The van der Waals surface area contributed by atoms with Gasteiger partial charge in [-0.15, -0.1) is 0 Å². The van der Waals surface area contributed by atoms with Crippen LogP contribution in [0.5, 0.6) is 11.5 Å². The second kappa shape index (κ2) is 4.04. The average molecular weight is 203 g/mol. The molecule has 0 spiro atoms. The summed E-state index contributed by atoms with van der Waals surface area (Å²) in [7, 11) is 3.24. The Bertz CT molecular complexity index is 438.